The number of thiazole rings is 1. The topological polar surface area (TPSA) is 37.8 Å². The second-order valence-corrected chi connectivity index (χ2v) is 5.71. The molecule has 0 saturated heterocycles. The van der Waals surface area contributed by atoms with E-state index in [1.807, 2.05) is 24.5 Å². The lowest BCUT2D eigenvalue weighted by atomic mass is 10.2. The normalized spacial score (nSPS) is 10.7. The summed E-state index contributed by atoms with van der Waals surface area (Å²) in [4.78, 5) is 9.52. The van der Waals surface area contributed by atoms with Crippen molar-refractivity contribution in [1.29, 1.82) is 0 Å². The van der Waals surface area contributed by atoms with Crippen molar-refractivity contribution in [2.24, 2.45) is 0 Å². The van der Waals surface area contributed by atoms with Gasteiger partial charge in [-0.05, 0) is 29.3 Å². The van der Waals surface area contributed by atoms with Gasteiger partial charge in [0.25, 0.3) is 0 Å². The summed E-state index contributed by atoms with van der Waals surface area (Å²) in [7, 11) is 0. The van der Waals surface area contributed by atoms with Crippen molar-refractivity contribution < 1.29 is 4.39 Å². The van der Waals surface area contributed by atoms with Gasteiger partial charge in [0.2, 0.25) is 0 Å². The first-order chi connectivity index (χ1) is 10.3. The van der Waals surface area contributed by atoms with Crippen LogP contribution in [0.15, 0.2) is 55.0 Å². The number of pyridine rings is 1. The molecule has 0 spiro atoms. The Kier molecular flexibility index (Phi) is 4.33. The molecule has 3 nitrogen and oxygen atoms in total. The fraction of sp³-hybridized carbons (Fsp3) is 0.125. The van der Waals surface area contributed by atoms with Crippen LogP contribution in [0.3, 0.4) is 0 Å². The molecule has 0 aliphatic rings. The van der Waals surface area contributed by atoms with Crippen LogP contribution in [-0.4, -0.2) is 9.97 Å². The summed E-state index contributed by atoms with van der Waals surface area (Å²) in [5.74, 6) is -0.221. The van der Waals surface area contributed by atoms with Crippen molar-refractivity contribution >= 4 is 11.3 Å². The van der Waals surface area contributed by atoms with Crippen LogP contribution in [0.1, 0.15) is 10.6 Å². The molecule has 2 aromatic heterocycles. The molecule has 3 rings (SSSR count). The molecular formula is C16H14FN3S. The second-order valence-electron chi connectivity index (χ2n) is 4.59. The SMILES string of the molecule is Fc1ccc(-c2cnc(CNCc3cccnc3)s2)cc1. The predicted molar refractivity (Wildman–Crippen MR) is 82.3 cm³/mol. The highest BCUT2D eigenvalue weighted by atomic mass is 32.1. The van der Waals surface area contributed by atoms with Gasteiger partial charge in [0.15, 0.2) is 0 Å². The van der Waals surface area contributed by atoms with Crippen LogP contribution in [0.2, 0.25) is 0 Å². The number of aromatic nitrogens is 2. The molecule has 106 valence electrons. The van der Waals surface area contributed by atoms with Crippen LogP contribution in [-0.2, 0) is 13.1 Å². The molecule has 0 aliphatic carbocycles. The summed E-state index contributed by atoms with van der Waals surface area (Å²) in [6.07, 6.45) is 5.44. The number of benzene rings is 1. The van der Waals surface area contributed by atoms with Crippen molar-refractivity contribution in [1.82, 2.24) is 15.3 Å². The summed E-state index contributed by atoms with van der Waals surface area (Å²) in [5.41, 5.74) is 2.14. The molecule has 0 bridgehead atoms. The first kappa shape index (κ1) is 13.9. The maximum atomic E-state index is 12.9. The Bertz CT molecular complexity index is 695. The van der Waals surface area contributed by atoms with Crippen molar-refractivity contribution in [2.75, 3.05) is 0 Å². The quantitative estimate of drug-likeness (QED) is 0.781. The molecule has 21 heavy (non-hydrogen) atoms. The highest BCUT2D eigenvalue weighted by Gasteiger charge is 2.04. The smallest absolute Gasteiger partial charge is 0.123 e. The van der Waals surface area contributed by atoms with Crippen LogP contribution < -0.4 is 5.32 Å². The van der Waals surface area contributed by atoms with Crippen LogP contribution in [0.5, 0.6) is 0 Å². The van der Waals surface area contributed by atoms with Gasteiger partial charge in [-0.2, -0.15) is 0 Å². The monoisotopic (exact) mass is 299 g/mol. The zero-order chi connectivity index (χ0) is 14.5. The van der Waals surface area contributed by atoms with Gasteiger partial charge in [0.05, 0.1) is 4.88 Å². The average molecular weight is 299 g/mol. The molecule has 0 saturated carbocycles. The van der Waals surface area contributed by atoms with Crippen molar-refractivity contribution in [3.05, 3.63) is 71.4 Å². The third kappa shape index (κ3) is 3.71. The molecule has 3 aromatic rings. The van der Waals surface area contributed by atoms with Crippen LogP contribution in [0.4, 0.5) is 4.39 Å². The highest BCUT2D eigenvalue weighted by Crippen LogP contribution is 2.26. The maximum absolute atomic E-state index is 12.9. The Balaban J connectivity index is 1.59. The number of hydrogen-bond acceptors (Lipinski definition) is 4. The largest absolute Gasteiger partial charge is 0.306 e. The van der Waals surface area contributed by atoms with Crippen LogP contribution in [0, 0.1) is 5.82 Å². The van der Waals surface area contributed by atoms with E-state index >= 15 is 0 Å². The van der Waals surface area contributed by atoms with E-state index < -0.39 is 0 Å². The molecule has 0 unspecified atom stereocenters. The minimum Gasteiger partial charge on any atom is -0.306 e. The Morgan fingerprint density at radius 3 is 2.67 bits per heavy atom. The number of nitrogens with zero attached hydrogens (tertiary/aromatic N) is 2. The lowest BCUT2D eigenvalue weighted by Crippen LogP contribution is -2.12. The summed E-state index contributed by atoms with van der Waals surface area (Å²) in [6.45, 7) is 1.47. The van der Waals surface area contributed by atoms with Gasteiger partial charge in [-0.1, -0.05) is 18.2 Å². The lowest BCUT2D eigenvalue weighted by Gasteiger charge is -2.01. The highest BCUT2D eigenvalue weighted by molar-refractivity contribution is 7.15. The van der Waals surface area contributed by atoms with E-state index in [0.29, 0.717) is 6.54 Å². The number of nitrogens with one attached hydrogen (secondary N) is 1. The standard InChI is InChI=1S/C16H14FN3S/c17-14-5-3-13(4-6-14)15-10-20-16(21-15)11-19-9-12-2-1-7-18-8-12/h1-8,10,19H,9,11H2. The molecule has 0 atom stereocenters. The third-order valence-corrected chi connectivity index (χ3v) is 4.06. The van der Waals surface area contributed by atoms with Gasteiger partial charge in [-0.25, -0.2) is 9.37 Å². The fourth-order valence-corrected chi connectivity index (χ4v) is 2.85. The molecule has 5 heteroatoms. The minimum atomic E-state index is -0.221. The van der Waals surface area contributed by atoms with E-state index in [1.165, 1.54) is 12.1 Å². The number of hydrogen-bond donors (Lipinski definition) is 1. The van der Waals surface area contributed by atoms with E-state index in [1.54, 1.807) is 29.7 Å². The van der Waals surface area contributed by atoms with E-state index in [9.17, 15) is 4.39 Å². The molecule has 1 N–H and O–H groups in total. The predicted octanol–water partition coefficient (Wildman–Crippen LogP) is 3.63. The Labute approximate surface area is 126 Å². The van der Waals surface area contributed by atoms with E-state index in [4.69, 9.17) is 0 Å². The first-order valence-corrected chi connectivity index (χ1v) is 7.43. The molecule has 0 fully saturated rings. The Morgan fingerprint density at radius 2 is 1.90 bits per heavy atom. The zero-order valence-electron chi connectivity index (χ0n) is 11.3. The van der Waals surface area contributed by atoms with Gasteiger partial charge in [-0.15, -0.1) is 11.3 Å². The third-order valence-electron chi connectivity index (χ3n) is 3.01. The molecule has 0 radical (unpaired) electrons. The van der Waals surface area contributed by atoms with Crippen LogP contribution >= 0.6 is 11.3 Å². The molecule has 0 amide bonds. The first-order valence-electron chi connectivity index (χ1n) is 6.61. The van der Waals surface area contributed by atoms with E-state index in [2.05, 4.69) is 15.3 Å². The van der Waals surface area contributed by atoms with Gasteiger partial charge in [0.1, 0.15) is 10.8 Å². The average Bonchev–Trinajstić information content (AvgIpc) is 2.98. The zero-order valence-corrected chi connectivity index (χ0v) is 12.1. The maximum Gasteiger partial charge on any atom is 0.123 e. The fourth-order valence-electron chi connectivity index (χ4n) is 1.96. The molecular weight excluding hydrogens is 285 g/mol. The molecule has 2 heterocycles. The van der Waals surface area contributed by atoms with E-state index in [-0.39, 0.29) is 5.82 Å². The van der Waals surface area contributed by atoms with Crippen molar-refractivity contribution in [3.8, 4) is 10.4 Å². The second kappa shape index (κ2) is 6.56. The van der Waals surface area contributed by atoms with Crippen LogP contribution in [0.25, 0.3) is 10.4 Å². The number of halogens is 1. The molecule has 1 aromatic carbocycles. The Morgan fingerprint density at radius 1 is 1.05 bits per heavy atom. The number of rotatable bonds is 5. The summed E-state index contributed by atoms with van der Waals surface area (Å²) < 4.78 is 12.9. The van der Waals surface area contributed by atoms with Crippen molar-refractivity contribution in [3.63, 3.8) is 0 Å². The Hall–Kier alpha value is -2.11. The lowest BCUT2D eigenvalue weighted by molar-refractivity contribution is 0.628. The summed E-state index contributed by atoms with van der Waals surface area (Å²) in [5, 5.41) is 4.35. The molecule has 0 aliphatic heterocycles. The van der Waals surface area contributed by atoms with Gasteiger partial charge >= 0.3 is 0 Å². The van der Waals surface area contributed by atoms with E-state index in [0.717, 1.165) is 27.6 Å². The minimum absolute atomic E-state index is 0.221. The summed E-state index contributed by atoms with van der Waals surface area (Å²) in [6, 6.07) is 10.4. The van der Waals surface area contributed by atoms with Gasteiger partial charge in [0, 0.05) is 31.7 Å². The van der Waals surface area contributed by atoms with Crippen molar-refractivity contribution in [2.45, 2.75) is 13.1 Å². The summed E-state index contributed by atoms with van der Waals surface area (Å²) >= 11 is 1.62. The van der Waals surface area contributed by atoms with Gasteiger partial charge in [-0.3, -0.25) is 4.98 Å². The van der Waals surface area contributed by atoms with Gasteiger partial charge < -0.3 is 5.32 Å².